The van der Waals surface area contributed by atoms with Crippen molar-refractivity contribution in [1.29, 1.82) is 0 Å². The third-order valence-electron chi connectivity index (χ3n) is 0. The Morgan fingerprint density at radius 1 is 1.10 bits per heavy atom. The van der Waals surface area contributed by atoms with Crippen LogP contribution in [0.3, 0.4) is 0 Å². The molecule has 64 valence electrons. The molecule has 0 unspecified atom stereocenters. The van der Waals surface area contributed by atoms with Gasteiger partial charge in [-0.05, 0) is 0 Å². The molecule has 0 aromatic carbocycles. The summed E-state index contributed by atoms with van der Waals surface area (Å²) in [5.74, 6) is 0. The molecule has 0 saturated heterocycles. The molecule has 7 nitrogen and oxygen atoms in total. The normalized spacial score (nSPS) is 8.30. The van der Waals surface area contributed by atoms with Crippen molar-refractivity contribution in [2.75, 3.05) is 0 Å². The Hall–Kier alpha value is 0.246. The fourth-order valence-corrected chi connectivity index (χ4v) is 0. The van der Waals surface area contributed by atoms with Gasteiger partial charge in [-0.1, -0.05) is 0 Å². The van der Waals surface area contributed by atoms with Crippen LogP contribution in [0.2, 0.25) is 0 Å². The Balaban J connectivity index is -0.0000000910. The van der Waals surface area contributed by atoms with Crippen molar-refractivity contribution in [2.45, 2.75) is 0 Å². The Bertz CT molecular complexity index is 113. The van der Waals surface area contributed by atoms with Crippen molar-refractivity contribution in [1.82, 2.24) is 0 Å². The summed E-state index contributed by atoms with van der Waals surface area (Å²) >= 11 is 0. The summed E-state index contributed by atoms with van der Waals surface area (Å²) in [6.07, 6.45) is 0. The van der Waals surface area contributed by atoms with Crippen molar-refractivity contribution >= 4 is 17.0 Å². The van der Waals surface area contributed by atoms with Crippen LogP contribution in [0.4, 0.5) is 0 Å². The third-order valence-corrected chi connectivity index (χ3v) is 0. The van der Waals surface area contributed by atoms with Crippen molar-refractivity contribution in [3.8, 4) is 0 Å². The first-order valence-corrected chi connectivity index (χ1v) is 4.30. The predicted octanol–water partition coefficient (Wildman–Crippen LogP) is -2.54. The monoisotopic (exact) mass is 232 g/mol. The van der Waals surface area contributed by atoms with Gasteiger partial charge in [-0.15, -0.1) is 0 Å². The fraction of sp³-hybridized carbons (Fsp3) is 0. The van der Waals surface area contributed by atoms with Crippen LogP contribution in [0, 0.1) is 0 Å². The summed E-state index contributed by atoms with van der Waals surface area (Å²) in [6.45, 7) is 0. The largest absolute Gasteiger partial charge is 0.761 e. The van der Waals surface area contributed by atoms with Crippen LogP contribution < -0.4 is 0 Å². The number of hydrogen-bond acceptors (Lipinski definition) is 2. The maximum Gasteiger partial charge on any atom is 0.761 e. The van der Waals surface area contributed by atoms with Crippen molar-refractivity contribution < 1.29 is 50.4 Å². The van der Waals surface area contributed by atoms with Gasteiger partial charge < -0.3 is 24.3 Å². The average Bonchev–Trinajstić information content (AvgIpc) is 1.19. The molecule has 0 rings (SSSR count). The molecule has 0 saturated carbocycles. The van der Waals surface area contributed by atoms with Gasteiger partial charge in [0.05, 0.1) is 0 Å². The average molecular weight is 232 g/mol. The van der Waals surface area contributed by atoms with Gasteiger partial charge in [0.25, 0.3) is 0 Å². The molecule has 0 heterocycles. The third kappa shape index (κ3) is 7130. The van der Waals surface area contributed by atoms with E-state index in [2.05, 4.69) is 0 Å². The van der Waals surface area contributed by atoms with Gasteiger partial charge in [0.15, 0.2) is 0 Å². The zero-order valence-corrected chi connectivity index (χ0v) is 7.35. The standard InChI is InChI=1S/Fe.H3O4P.H2O3Si/c;1-5(2,3)4;1-4(2)3/h;(H3,1,2,3,4);1-2H. The van der Waals surface area contributed by atoms with Crippen LogP contribution in [-0.4, -0.2) is 33.4 Å². The molecule has 0 aliphatic carbocycles. The van der Waals surface area contributed by atoms with E-state index < -0.39 is 17.0 Å². The van der Waals surface area contributed by atoms with Crippen molar-refractivity contribution in [3.05, 3.63) is 0 Å². The molecule has 0 spiro atoms. The summed E-state index contributed by atoms with van der Waals surface area (Å²) in [5.41, 5.74) is 0. The first kappa shape index (κ1) is 16.7. The van der Waals surface area contributed by atoms with E-state index in [1.54, 1.807) is 0 Å². The van der Waals surface area contributed by atoms with E-state index in [1.807, 2.05) is 0 Å². The van der Waals surface area contributed by atoms with Crippen LogP contribution in [0.1, 0.15) is 0 Å². The van der Waals surface area contributed by atoms with Crippen LogP contribution in [0.5, 0.6) is 0 Å². The summed E-state index contributed by atoms with van der Waals surface area (Å²) in [7, 11) is -7.77. The maximum atomic E-state index is 8.88. The fourth-order valence-electron chi connectivity index (χ4n) is 0. The second kappa shape index (κ2) is 7.35. The molecule has 0 aliphatic rings. The van der Waals surface area contributed by atoms with Crippen molar-refractivity contribution in [2.24, 2.45) is 0 Å². The molecular formula is H5FeO7PSi. The van der Waals surface area contributed by atoms with E-state index in [0.29, 0.717) is 0 Å². The Morgan fingerprint density at radius 2 is 1.10 bits per heavy atom. The molecular weight excluding hydrogens is 227 g/mol. The van der Waals surface area contributed by atoms with Gasteiger partial charge in [-0.2, -0.15) is 0 Å². The molecule has 0 aromatic heterocycles. The molecule has 0 aromatic rings. The molecule has 0 atom stereocenters. The summed E-state index contributed by atoms with van der Waals surface area (Å²) < 4.78 is 17.6. The second-order valence-electron chi connectivity index (χ2n) is 0.796. The Labute approximate surface area is 67.9 Å². The smallest absolute Gasteiger partial charge is 0.511 e. The first-order valence-electron chi connectivity index (χ1n) is 1.43. The Kier molecular flexibility index (Phi) is 12.3. The molecule has 0 amide bonds. The Morgan fingerprint density at radius 3 is 1.10 bits per heavy atom. The zero-order chi connectivity index (χ0) is 8.08. The van der Waals surface area contributed by atoms with Gasteiger partial charge in [0, 0.05) is 17.1 Å². The predicted molar refractivity (Wildman–Crippen MR) is 25.1 cm³/mol. The van der Waals surface area contributed by atoms with E-state index in [1.165, 1.54) is 0 Å². The summed E-state index contributed by atoms with van der Waals surface area (Å²) in [6, 6.07) is 0. The number of rotatable bonds is 0. The van der Waals surface area contributed by atoms with E-state index >= 15 is 0 Å². The molecule has 10 heavy (non-hydrogen) atoms. The summed E-state index contributed by atoms with van der Waals surface area (Å²) in [4.78, 5) is 35.9. The minimum atomic E-state index is -4.64. The van der Waals surface area contributed by atoms with Gasteiger partial charge in [0.1, 0.15) is 0 Å². The molecule has 5 N–H and O–H groups in total. The minimum absolute atomic E-state index is 0. The number of phosphoric acid groups is 1. The van der Waals surface area contributed by atoms with Gasteiger partial charge >= 0.3 is 17.0 Å². The minimum Gasteiger partial charge on any atom is -0.511 e. The molecule has 10 heteroatoms. The second-order valence-corrected chi connectivity index (χ2v) is 2.39. The van der Waals surface area contributed by atoms with Crippen LogP contribution in [-0.2, 0) is 26.1 Å². The molecule has 0 aliphatic heterocycles. The van der Waals surface area contributed by atoms with E-state index in [4.69, 9.17) is 33.3 Å². The SMILES string of the molecule is O=P(O)(O)O.O=[Si](O)O.[Fe]. The van der Waals surface area contributed by atoms with Crippen LogP contribution >= 0.6 is 7.82 Å². The van der Waals surface area contributed by atoms with Crippen LogP contribution in [0.15, 0.2) is 0 Å². The van der Waals surface area contributed by atoms with Crippen molar-refractivity contribution in [3.63, 3.8) is 0 Å². The van der Waals surface area contributed by atoms with E-state index in [0.717, 1.165) is 0 Å². The van der Waals surface area contributed by atoms with Gasteiger partial charge in [-0.3, -0.25) is 4.46 Å². The topological polar surface area (TPSA) is 135 Å². The number of hydrogen-bond donors (Lipinski definition) is 5. The quantitative estimate of drug-likeness (QED) is 0.229. The zero-order valence-electron chi connectivity index (χ0n) is 4.35. The van der Waals surface area contributed by atoms with E-state index in [9.17, 15) is 0 Å². The first-order chi connectivity index (χ1) is 3.73. The van der Waals surface area contributed by atoms with Crippen LogP contribution in [0.25, 0.3) is 0 Å². The van der Waals surface area contributed by atoms with Gasteiger partial charge in [-0.25, -0.2) is 4.57 Å². The van der Waals surface area contributed by atoms with Gasteiger partial charge in [0.2, 0.25) is 0 Å². The molecule has 0 bridgehead atoms. The molecule has 0 radical (unpaired) electrons. The molecule has 0 fully saturated rings. The summed E-state index contributed by atoms with van der Waals surface area (Å²) in [5, 5.41) is 0. The maximum absolute atomic E-state index is 8.88. The van der Waals surface area contributed by atoms with E-state index in [-0.39, 0.29) is 17.1 Å².